The standard InChI is InChI=1S/C21H25ClN2O3/c1-13-9-14(2)18(15(3)10-13)24-20(26)19(25)23-12-21(4,27-5)16-7-6-8-17(22)11-16/h6-11H,12H2,1-5H3,(H,23,25)(H,24,26). The van der Waals surface area contributed by atoms with Crippen molar-refractivity contribution in [1.29, 1.82) is 0 Å². The number of aryl methyl sites for hydroxylation is 3. The van der Waals surface area contributed by atoms with Crippen molar-refractivity contribution in [2.45, 2.75) is 33.3 Å². The molecular formula is C21H25ClN2O3. The lowest BCUT2D eigenvalue weighted by atomic mass is 9.95. The van der Waals surface area contributed by atoms with E-state index >= 15 is 0 Å². The molecule has 2 aromatic rings. The van der Waals surface area contributed by atoms with Gasteiger partial charge in [0, 0.05) is 17.8 Å². The summed E-state index contributed by atoms with van der Waals surface area (Å²) in [5.74, 6) is -1.44. The minimum Gasteiger partial charge on any atom is -0.372 e. The number of amides is 2. The number of rotatable bonds is 5. The molecule has 144 valence electrons. The maximum absolute atomic E-state index is 12.3. The molecule has 0 radical (unpaired) electrons. The van der Waals surface area contributed by atoms with Gasteiger partial charge in [-0.3, -0.25) is 9.59 Å². The van der Waals surface area contributed by atoms with Crippen LogP contribution in [0.25, 0.3) is 0 Å². The minimum atomic E-state index is -0.809. The van der Waals surface area contributed by atoms with Crippen LogP contribution in [0.3, 0.4) is 0 Å². The predicted molar refractivity (Wildman–Crippen MR) is 108 cm³/mol. The Hall–Kier alpha value is -2.37. The van der Waals surface area contributed by atoms with Crippen LogP contribution < -0.4 is 10.6 Å². The summed E-state index contributed by atoms with van der Waals surface area (Å²) in [5.41, 5.74) is 3.58. The maximum atomic E-state index is 12.3. The van der Waals surface area contributed by atoms with Gasteiger partial charge in [-0.25, -0.2) is 0 Å². The zero-order valence-corrected chi connectivity index (χ0v) is 17.0. The Morgan fingerprint density at radius 3 is 2.26 bits per heavy atom. The lowest BCUT2D eigenvalue weighted by molar-refractivity contribution is -0.137. The van der Waals surface area contributed by atoms with Crippen molar-refractivity contribution in [2.75, 3.05) is 19.0 Å². The summed E-state index contributed by atoms with van der Waals surface area (Å²) in [5, 5.41) is 5.91. The third-order valence-electron chi connectivity index (χ3n) is 4.59. The fourth-order valence-corrected chi connectivity index (χ4v) is 3.18. The molecule has 6 heteroatoms. The molecule has 0 fully saturated rings. The summed E-state index contributed by atoms with van der Waals surface area (Å²) in [6.45, 7) is 7.73. The monoisotopic (exact) mass is 388 g/mol. The average Bonchev–Trinajstić information content (AvgIpc) is 2.62. The molecule has 1 unspecified atom stereocenters. The molecule has 0 aromatic heterocycles. The van der Waals surface area contributed by atoms with Crippen molar-refractivity contribution in [1.82, 2.24) is 5.32 Å². The number of methoxy groups -OCH3 is 1. The summed E-state index contributed by atoms with van der Waals surface area (Å²) in [4.78, 5) is 24.6. The first-order chi connectivity index (χ1) is 12.7. The van der Waals surface area contributed by atoms with E-state index in [4.69, 9.17) is 16.3 Å². The van der Waals surface area contributed by atoms with Crippen LogP contribution in [0.15, 0.2) is 36.4 Å². The van der Waals surface area contributed by atoms with Gasteiger partial charge in [-0.2, -0.15) is 0 Å². The van der Waals surface area contributed by atoms with Crippen molar-refractivity contribution in [3.8, 4) is 0 Å². The Kier molecular flexibility index (Phi) is 6.63. The van der Waals surface area contributed by atoms with Crippen molar-refractivity contribution in [2.24, 2.45) is 0 Å². The van der Waals surface area contributed by atoms with Gasteiger partial charge < -0.3 is 15.4 Å². The van der Waals surface area contributed by atoms with E-state index in [1.54, 1.807) is 19.2 Å². The molecule has 2 aromatic carbocycles. The highest BCUT2D eigenvalue weighted by Crippen LogP contribution is 2.26. The first-order valence-corrected chi connectivity index (χ1v) is 9.02. The summed E-state index contributed by atoms with van der Waals surface area (Å²) >= 11 is 6.04. The summed E-state index contributed by atoms with van der Waals surface area (Å²) in [6.07, 6.45) is 0. The van der Waals surface area contributed by atoms with E-state index in [0.29, 0.717) is 10.7 Å². The van der Waals surface area contributed by atoms with Crippen molar-refractivity contribution in [3.05, 3.63) is 63.7 Å². The molecule has 5 nitrogen and oxygen atoms in total. The van der Waals surface area contributed by atoms with Gasteiger partial charge in [-0.05, 0) is 56.5 Å². The number of ether oxygens (including phenoxy) is 1. The summed E-state index contributed by atoms with van der Waals surface area (Å²) < 4.78 is 5.57. The molecule has 0 aliphatic heterocycles. The zero-order valence-electron chi connectivity index (χ0n) is 16.3. The number of benzene rings is 2. The van der Waals surface area contributed by atoms with E-state index in [2.05, 4.69) is 10.6 Å². The molecule has 0 heterocycles. The van der Waals surface area contributed by atoms with Crippen LogP contribution in [0.5, 0.6) is 0 Å². The number of carbonyl (C=O) groups is 2. The first kappa shape index (κ1) is 20.9. The highest BCUT2D eigenvalue weighted by molar-refractivity contribution is 6.39. The minimum absolute atomic E-state index is 0.127. The zero-order chi connectivity index (χ0) is 20.2. The Labute approximate surface area is 165 Å². The Morgan fingerprint density at radius 1 is 1.07 bits per heavy atom. The topological polar surface area (TPSA) is 67.4 Å². The summed E-state index contributed by atoms with van der Waals surface area (Å²) in [7, 11) is 1.55. The van der Waals surface area contributed by atoms with Gasteiger partial charge in [0.05, 0.1) is 6.54 Å². The quantitative estimate of drug-likeness (QED) is 0.764. The third kappa shape index (κ3) is 5.08. The smallest absolute Gasteiger partial charge is 0.313 e. The molecule has 0 bridgehead atoms. The molecule has 2 rings (SSSR count). The van der Waals surface area contributed by atoms with Gasteiger partial charge in [0.25, 0.3) is 0 Å². The largest absolute Gasteiger partial charge is 0.372 e. The number of carbonyl (C=O) groups excluding carboxylic acids is 2. The summed E-state index contributed by atoms with van der Waals surface area (Å²) in [6, 6.07) is 11.1. The van der Waals surface area contributed by atoms with E-state index in [-0.39, 0.29) is 6.54 Å². The predicted octanol–water partition coefficient (Wildman–Crippen LogP) is 3.88. The first-order valence-electron chi connectivity index (χ1n) is 8.64. The van der Waals surface area contributed by atoms with Crippen LogP contribution in [0, 0.1) is 20.8 Å². The Bertz CT molecular complexity index is 843. The van der Waals surface area contributed by atoms with Crippen LogP contribution in [-0.4, -0.2) is 25.5 Å². The molecule has 1 atom stereocenters. The third-order valence-corrected chi connectivity index (χ3v) is 4.83. The van der Waals surface area contributed by atoms with E-state index in [0.717, 1.165) is 22.3 Å². The Balaban J connectivity index is 2.07. The van der Waals surface area contributed by atoms with E-state index in [1.165, 1.54) is 0 Å². The number of hydrogen-bond acceptors (Lipinski definition) is 3. The van der Waals surface area contributed by atoms with Crippen molar-refractivity contribution < 1.29 is 14.3 Å². The van der Waals surface area contributed by atoms with Crippen LogP contribution in [0.1, 0.15) is 29.2 Å². The fourth-order valence-electron chi connectivity index (χ4n) is 2.99. The number of hydrogen-bond donors (Lipinski definition) is 2. The van der Waals surface area contributed by atoms with Gasteiger partial charge in [-0.1, -0.05) is 41.4 Å². The second-order valence-electron chi connectivity index (χ2n) is 6.86. The van der Waals surface area contributed by atoms with Crippen LogP contribution in [0.2, 0.25) is 5.02 Å². The molecular weight excluding hydrogens is 364 g/mol. The van der Waals surface area contributed by atoms with Crippen LogP contribution in [-0.2, 0) is 19.9 Å². The van der Waals surface area contributed by atoms with E-state index in [9.17, 15) is 9.59 Å². The maximum Gasteiger partial charge on any atom is 0.313 e. The fraction of sp³-hybridized carbons (Fsp3) is 0.333. The van der Waals surface area contributed by atoms with Crippen LogP contribution >= 0.6 is 11.6 Å². The average molecular weight is 389 g/mol. The molecule has 0 saturated heterocycles. The molecule has 0 aliphatic rings. The second kappa shape index (κ2) is 8.55. The number of nitrogens with one attached hydrogen (secondary N) is 2. The molecule has 2 N–H and O–H groups in total. The molecule has 0 aliphatic carbocycles. The highest BCUT2D eigenvalue weighted by Gasteiger charge is 2.28. The SMILES string of the molecule is COC(C)(CNC(=O)C(=O)Nc1c(C)cc(C)cc1C)c1cccc(Cl)c1. The van der Waals surface area contributed by atoms with Gasteiger partial charge in [0.1, 0.15) is 5.60 Å². The number of halogens is 1. The van der Waals surface area contributed by atoms with E-state index in [1.807, 2.05) is 52.0 Å². The molecule has 2 amide bonds. The Morgan fingerprint density at radius 2 is 1.70 bits per heavy atom. The van der Waals surface area contributed by atoms with Gasteiger partial charge >= 0.3 is 11.8 Å². The molecule has 27 heavy (non-hydrogen) atoms. The van der Waals surface area contributed by atoms with Crippen LogP contribution in [0.4, 0.5) is 5.69 Å². The van der Waals surface area contributed by atoms with Gasteiger partial charge in [0.2, 0.25) is 0 Å². The molecule has 0 saturated carbocycles. The second-order valence-corrected chi connectivity index (χ2v) is 7.29. The highest BCUT2D eigenvalue weighted by atomic mass is 35.5. The lowest BCUT2D eigenvalue weighted by Gasteiger charge is -2.29. The molecule has 0 spiro atoms. The van der Waals surface area contributed by atoms with Gasteiger partial charge in [-0.15, -0.1) is 0 Å². The van der Waals surface area contributed by atoms with Crippen molar-refractivity contribution in [3.63, 3.8) is 0 Å². The normalized spacial score (nSPS) is 13.0. The number of anilines is 1. The lowest BCUT2D eigenvalue weighted by Crippen LogP contribution is -2.44. The van der Waals surface area contributed by atoms with Crippen molar-refractivity contribution >= 4 is 29.1 Å². The van der Waals surface area contributed by atoms with E-state index < -0.39 is 17.4 Å². The van der Waals surface area contributed by atoms with Gasteiger partial charge in [0.15, 0.2) is 0 Å².